The highest BCUT2D eigenvalue weighted by atomic mass is 16.2. The van der Waals surface area contributed by atoms with Crippen LogP contribution in [0.2, 0.25) is 0 Å². The monoisotopic (exact) mass is 260 g/mol. The number of hydrogen-bond acceptors (Lipinski definition) is 3. The van der Waals surface area contributed by atoms with Gasteiger partial charge in [-0.2, -0.15) is 0 Å². The van der Waals surface area contributed by atoms with E-state index in [9.17, 15) is 9.59 Å². The number of anilines is 1. The van der Waals surface area contributed by atoms with Crippen molar-refractivity contribution in [3.63, 3.8) is 0 Å². The normalized spacial score (nSPS) is 14.2. The van der Waals surface area contributed by atoms with E-state index in [2.05, 4.69) is 5.32 Å². The van der Waals surface area contributed by atoms with E-state index in [4.69, 9.17) is 0 Å². The van der Waals surface area contributed by atoms with Crippen LogP contribution in [-0.4, -0.2) is 31.3 Å². The molecule has 19 heavy (non-hydrogen) atoms. The van der Waals surface area contributed by atoms with Crippen molar-refractivity contribution in [3.8, 4) is 0 Å². The average Bonchev–Trinajstić information content (AvgIpc) is 3.22. The Labute approximate surface area is 113 Å². The second-order valence-corrected chi connectivity index (χ2v) is 5.04. The summed E-state index contributed by atoms with van der Waals surface area (Å²) < 4.78 is 0. The van der Waals surface area contributed by atoms with Crippen LogP contribution < -0.4 is 10.2 Å². The van der Waals surface area contributed by atoms with Crippen molar-refractivity contribution < 1.29 is 9.59 Å². The maximum atomic E-state index is 12.0. The van der Waals surface area contributed by atoms with Gasteiger partial charge in [-0.3, -0.25) is 9.59 Å². The maximum Gasteiger partial charge on any atom is 0.227 e. The third-order valence-corrected chi connectivity index (χ3v) is 3.36. The van der Waals surface area contributed by atoms with Gasteiger partial charge < -0.3 is 10.2 Å². The highest BCUT2D eigenvalue weighted by Gasteiger charge is 2.20. The molecule has 0 aromatic heterocycles. The molecule has 1 amide bonds. The highest BCUT2D eigenvalue weighted by Crippen LogP contribution is 2.19. The molecule has 0 radical (unpaired) electrons. The van der Waals surface area contributed by atoms with Gasteiger partial charge in [0.1, 0.15) is 0 Å². The summed E-state index contributed by atoms with van der Waals surface area (Å²) in [4.78, 5) is 25.0. The molecule has 1 aromatic carbocycles. The predicted octanol–water partition coefficient (Wildman–Crippen LogP) is 1.99. The number of Topliss-reactive ketones (excluding diaryl/α,β-unsaturated/α-hetero) is 1. The first-order chi connectivity index (χ1) is 9.08. The summed E-state index contributed by atoms with van der Waals surface area (Å²) in [5, 5.41) is 3.32. The van der Waals surface area contributed by atoms with Gasteiger partial charge in [-0.05, 0) is 31.9 Å². The van der Waals surface area contributed by atoms with Gasteiger partial charge in [-0.1, -0.05) is 12.1 Å². The number of carbonyl (C=O) groups is 2. The third kappa shape index (κ3) is 3.89. The molecule has 1 aromatic rings. The van der Waals surface area contributed by atoms with E-state index in [1.54, 1.807) is 30.1 Å². The van der Waals surface area contributed by atoms with E-state index in [1.807, 2.05) is 6.07 Å². The quantitative estimate of drug-likeness (QED) is 0.796. The van der Waals surface area contributed by atoms with Crippen molar-refractivity contribution in [1.82, 2.24) is 5.32 Å². The lowest BCUT2D eigenvalue weighted by Gasteiger charge is -2.18. The first-order valence-electron chi connectivity index (χ1n) is 6.69. The van der Waals surface area contributed by atoms with Crippen LogP contribution >= 0.6 is 0 Å². The van der Waals surface area contributed by atoms with E-state index in [0.717, 1.165) is 12.2 Å². The molecular formula is C15H20N2O2. The summed E-state index contributed by atoms with van der Waals surface area (Å²) >= 11 is 0. The number of hydrogen-bond donors (Lipinski definition) is 1. The van der Waals surface area contributed by atoms with Crippen LogP contribution in [0.25, 0.3) is 0 Å². The van der Waals surface area contributed by atoms with Crippen molar-refractivity contribution in [2.75, 3.05) is 18.5 Å². The van der Waals surface area contributed by atoms with E-state index in [1.165, 1.54) is 19.8 Å². The standard InChI is InChI=1S/C15H20N2O2/c1-11(18)12-4-3-5-14(10-12)17(2)15(19)8-9-16-13-6-7-13/h3-5,10,13,16H,6-9H2,1-2H3. The zero-order chi connectivity index (χ0) is 13.8. The van der Waals surface area contributed by atoms with Gasteiger partial charge in [0.05, 0.1) is 0 Å². The molecule has 2 rings (SSSR count). The number of nitrogens with zero attached hydrogens (tertiary/aromatic N) is 1. The Kier molecular flexibility index (Phi) is 4.32. The summed E-state index contributed by atoms with van der Waals surface area (Å²) in [6, 6.07) is 7.80. The van der Waals surface area contributed by atoms with Crippen LogP contribution in [0.3, 0.4) is 0 Å². The van der Waals surface area contributed by atoms with E-state index in [0.29, 0.717) is 18.0 Å². The Hall–Kier alpha value is -1.68. The minimum atomic E-state index is 0.0121. The Morgan fingerprint density at radius 2 is 2.11 bits per heavy atom. The molecule has 1 N–H and O–H groups in total. The van der Waals surface area contributed by atoms with Crippen molar-refractivity contribution in [2.24, 2.45) is 0 Å². The Morgan fingerprint density at radius 1 is 1.37 bits per heavy atom. The van der Waals surface area contributed by atoms with Crippen LogP contribution in [0.4, 0.5) is 5.69 Å². The molecule has 1 saturated carbocycles. The summed E-state index contributed by atoms with van der Waals surface area (Å²) in [6.45, 7) is 2.25. The number of benzene rings is 1. The Bertz CT molecular complexity index is 481. The first-order valence-corrected chi connectivity index (χ1v) is 6.69. The molecule has 4 heteroatoms. The van der Waals surface area contributed by atoms with Gasteiger partial charge in [0, 0.05) is 37.3 Å². The number of rotatable bonds is 6. The molecule has 4 nitrogen and oxygen atoms in total. The fourth-order valence-electron chi connectivity index (χ4n) is 1.92. The van der Waals surface area contributed by atoms with Crippen LogP contribution in [0.15, 0.2) is 24.3 Å². The molecule has 0 saturated heterocycles. The largest absolute Gasteiger partial charge is 0.315 e. The van der Waals surface area contributed by atoms with Crippen molar-refractivity contribution >= 4 is 17.4 Å². The number of nitrogens with one attached hydrogen (secondary N) is 1. The van der Waals surface area contributed by atoms with Gasteiger partial charge in [0.15, 0.2) is 5.78 Å². The molecule has 0 spiro atoms. The summed E-state index contributed by atoms with van der Waals surface area (Å²) in [6.07, 6.45) is 2.94. The van der Waals surface area contributed by atoms with Crippen LogP contribution in [0.5, 0.6) is 0 Å². The molecule has 1 aliphatic carbocycles. The molecule has 0 bridgehead atoms. The maximum absolute atomic E-state index is 12.0. The molecule has 0 aliphatic heterocycles. The van der Waals surface area contributed by atoms with Gasteiger partial charge in [-0.15, -0.1) is 0 Å². The summed E-state index contributed by atoms with van der Waals surface area (Å²) in [5.74, 6) is 0.0759. The van der Waals surface area contributed by atoms with Crippen LogP contribution in [-0.2, 0) is 4.79 Å². The number of ketones is 1. The molecule has 0 unspecified atom stereocenters. The van der Waals surface area contributed by atoms with Gasteiger partial charge in [-0.25, -0.2) is 0 Å². The lowest BCUT2D eigenvalue weighted by molar-refractivity contribution is -0.118. The predicted molar refractivity (Wildman–Crippen MR) is 75.5 cm³/mol. The third-order valence-electron chi connectivity index (χ3n) is 3.36. The summed E-state index contributed by atoms with van der Waals surface area (Å²) in [7, 11) is 1.75. The molecular weight excluding hydrogens is 240 g/mol. The lowest BCUT2D eigenvalue weighted by atomic mass is 10.1. The molecule has 102 valence electrons. The van der Waals surface area contributed by atoms with Crippen molar-refractivity contribution in [1.29, 1.82) is 0 Å². The zero-order valence-corrected chi connectivity index (χ0v) is 11.5. The van der Waals surface area contributed by atoms with E-state index in [-0.39, 0.29) is 11.7 Å². The molecule has 0 atom stereocenters. The van der Waals surface area contributed by atoms with E-state index < -0.39 is 0 Å². The van der Waals surface area contributed by atoms with E-state index >= 15 is 0 Å². The Balaban J connectivity index is 1.92. The fourth-order valence-corrected chi connectivity index (χ4v) is 1.92. The zero-order valence-electron chi connectivity index (χ0n) is 11.5. The first kappa shape index (κ1) is 13.7. The SMILES string of the molecule is CC(=O)c1cccc(N(C)C(=O)CCNC2CC2)c1. The van der Waals surface area contributed by atoms with Gasteiger partial charge in [0.25, 0.3) is 0 Å². The van der Waals surface area contributed by atoms with Crippen molar-refractivity contribution in [2.45, 2.75) is 32.2 Å². The van der Waals surface area contributed by atoms with Crippen LogP contribution in [0.1, 0.15) is 36.5 Å². The topological polar surface area (TPSA) is 49.4 Å². The smallest absolute Gasteiger partial charge is 0.227 e. The molecule has 0 heterocycles. The minimum absolute atomic E-state index is 0.0121. The van der Waals surface area contributed by atoms with Crippen LogP contribution in [0, 0.1) is 0 Å². The minimum Gasteiger partial charge on any atom is -0.315 e. The number of amides is 1. The highest BCUT2D eigenvalue weighted by molar-refractivity contribution is 5.97. The summed E-state index contributed by atoms with van der Waals surface area (Å²) in [5.41, 5.74) is 1.40. The van der Waals surface area contributed by atoms with Gasteiger partial charge in [0.2, 0.25) is 5.91 Å². The second-order valence-electron chi connectivity index (χ2n) is 5.04. The fraction of sp³-hybridized carbons (Fsp3) is 0.467. The second kappa shape index (κ2) is 5.97. The van der Waals surface area contributed by atoms with Gasteiger partial charge >= 0.3 is 0 Å². The lowest BCUT2D eigenvalue weighted by Crippen LogP contribution is -2.30. The average molecular weight is 260 g/mol. The van der Waals surface area contributed by atoms with Crippen molar-refractivity contribution in [3.05, 3.63) is 29.8 Å². The number of carbonyl (C=O) groups excluding carboxylic acids is 2. The Morgan fingerprint density at radius 3 is 2.74 bits per heavy atom. The molecule has 1 aliphatic rings. The molecule has 1 fully saturated rings.